The minimum atomic E-state index is -0.683. The fourth-order valence-electron chi connectivity index (χ4n) is 2.62. The van der Waals surface area contributed by atoms with Gasteiger partial charge in [-0.05, 0) is 30.0 Å². The summed E-state index contributed by atoms with van der Waals surface area (Å²) in [5.41, 5.74) is 3.56. The molecule has 1 aliphatic heterocycles. The molecule has 5 heteroatoms. The topological polar surface area (TPSA) is 24.1 Å². The molecule has 0 spiro atoms. The van der Waals surface area contributed by atoms with Crippen LogP contribution in [0.25, 0.3) is 0 Å². The van der Waals surface area contributed by atoms with Crippen molar-refractivity contribution < 1.29 is 8.78 Å². The summed E-state index contributed by atoms with van der Waals surface area (Å²) in [4.78, 5) is 0. The van der Waals surface area contributed by atoms with Gasteiger partial charge in [-0.2, -0.15) is 0 Å². The summed E-state index contributed by atoms with van der Waals surface area (Å²) in [5, 5.41) is 6.39. The Kier molecular flexibility index (Phi) is 3.97. The zero-order valence-corrected chi connectivity index (χ0v) is 12.1. The first-order valence-corrected chi connectivity index (χ1v) is 7.26. The van der Waals surface area contributed by atoms with Crippen LogP contribution in [0.5, 0.6) is 0 Å². The first kappa shape index (κ1) is 14.1. The molecule has 0 fully saturated rings. The molecule has 2 aromatic carbocycles. The Morgan fingerprint density at radius 1 is 1.24 bits per heavy atom. The highest BCUT2D eigenvalue weighted by atomic mass is 35.5. The molecule has 0 aromatic heterocycles. The van der Waals surface area contributed by atoms with E-state index in [4.69, 9.17) is 11.6 Å². The van der Waals surface area contributed by atoms with Crippen molar-refractivity contribution in [3.8, 4) is 0 Å². The van der Waals surface area contributed by atoms with Crippen LogP contribution in [0.1, 0.15) is 17.5 Å². The molecule has 0 aliphatic carbocycles. The number of anilines is 2. The highest BCUT2D eigenvalue weighted by Gasteiger charge is 2.14. The van der Waals surface area contributed by atoms with Gasteiger partial charge in [0.05, 0.1) is 10.7 Å². The number of aryl methyl sites for hydroxylation is 1. The molecule has 0 amide bonds. The summed E-state index contributed by atoms with van der Waals surface area (Å²) >= 11 is 5.89. The van der Waals surface area contributed by atoms with Crippen LogP contribution in [0.4, 0.5) is 20.2 Å². The zero-order chi connectivity index (χ0) is 14.8. The zero-order valence-electron chi connectivity index (χ0n) is 11.3. The van der Waals surface area contributed by atoms with Gasteiger partial charge in [0, 0.05) is 24.8 Å². The van der Waals surface area contributed by atoms with E-state index in [0.29, 0.717) is 6.54 Å². The second-order valence-electron chi connectivity index (χ2n) is 5.08. The molecule has 2 nitrogen and oxygen atoms in total. The van der Waals surface area contributed by atoms with Crippen LogP contribution < -0.4 is 10.6 Å². The van der Waals surface area contributed by atoms with Crippen LogP contribution in [0.2, 0.25) is 5.02 Å². The average molecular weight is 309 g/mol. The van der Waals surface area contributed by atoms with Crippen molar-refractivity contribution >= 4 is 23.0 Å². The molecule has 0 saturated heterocycles. The number of para-hydroxylation sites is 1. The molecule has 2 aromatic rings. The predicted molar refractivity (Wildman–Crippen MR) is 81.9 cm³/mol. The Bertz CT molecular complexity index is 650. The lowest BCUT2D eigenvalue weighted by Gasteiger charge is -2.21. The van der Waals surface area contributed by atoms with Gasteiger partial charge in [-0.3, -0.25) is 0 Å². The third kappa shape index (κ3) is 2.95. The summed E-state index contributed by atoms with van der Waals surface area (Å²) in [6, 6.07) is 8.00. The van der Waals surface area contributed by atoms with E-state index >= 15 is 0 Å². The van der Waals surface area contributed by atoms with Crippen molar-refractivity contribution in [2.75, 3.05) is 17.2 Å². The van der Waals surface area contributed by atoms with Gasteiger partial charge in [-0.1, -0.05) is 29.8 Å². The van der Waals surface area contributed by atoms with E-state index in [1.54, 1.807) is 0 Å². The maximum atomic E-state index is 13.8. The van der Waals surface area contributed by atoms with Crippen molar-refractivity contribution in [2.24, 2.45) is 0 Å². The Labute approximate surface area is 127 Å². The Morgan fingerprint density at radius 3 is 2.90 bits per heavy atom. The summed E-state index contributed by atoms with van der Waals surface area (Å²) < 4.78 is 26.8. The van der Waals surface area contributed by atoms with Crippen LogP contribution in [0, 0.1) is 11.6 Å². The fraction of sp³-hybridized carbons (Fsp3) is 0.250. The molecule has 21 heavy (non-hydrogen) atoms. The molecule has 2 N–H and O–H groups in total. The van der Waals surface area contributed by atoms with E-state index in [9.17, 15) is 8.78 Å². The van der Waals surface area contributed by atoms with Crippen molar-refractivity contribution in [2.45, 2.75) is 19.4 Å². The standard InChI is InChI=1S/C16H15ClF2N2/c17-13-7-12(18)8-14(19)16(13)21-9-11-4-1-3-10-5-2-6-20-15(10)11/h1,3-4,7-8,20-21H,2,5-6,9H2. The summed E-state index contributed by atoms with van der Waals surface area (Å²) in [5.74, 6) is -1.36. The maximum absolute atomic E-state index is 13.8. The molecule has 1 heterocycles. The summed E-state index contributed by atoms with van der Waals surface area (Å²) in [7, 11) is 0. The average Bonchev–Trinajstić information content (AvgIpc) is 2.46. The normalized spacial score (nSPS) is 13.5. The summed E-state index contributed by atoms with van der Waals surface area (Å²) in [6.07, 6.45) is 2.16. The highest BCUT2D eigenvalue weighted by molar-refractivity contribution is 6.33. The Hall–Kier alpha value is -1.81. The number of rotatable bonds is 3. The van der Waals surface area contributed by atoms with Crippen LogP contribution in [-0.4, -0.2) is 6.54 Å². The van der Waals surface area contributed by atoms with E-state index in [1.165, 1.54) is 5.56 Å². The molecule has 110 valence electrons. The molecular weight excluding hydrogens is 294 g/mol. The summed E-state index contributed by atoms with van der Waals surface area (Å²) in [6.45, 7) is 1.37. The van der Waals surface area contributed by atoms with Crippen LogP contribution in [0.3, 0.4) is 0 Å². The molecular formula is C16H15ClF2N2. The van der Waals surface area contributed by atoms with Gasteiger partial charge in [-0.25, -0.2) is 8.78 Å². The predicted octanol–water partition coefficient (Wildman–Crippen LogP) is 4.59. The SMILES string of the molecule is Fc1cc(F)c(NCc2cccc3c2NCCC3)c(Cl)c1. The Balaban J connectivity index is 1.83. The molecule has 0 saturated carbocycles. The quantitative estimate of drug-likeness (QED) is 0.866. The second-order valence-corrected chi connectivity index (χ2v) is 5.49. The minimum absolute atomic E-state index is 0.0465. The van der Waals surface area contributed by atoms with Gasteiger partial charge in [0.2, 0.25) is 0 Å². The third-order valence-electron chi connectivity index (χ3n) is 3.62. The lowest BCUT2D eigenvalue weighted by Crippen LogP contribution is -2.15. The van der Waals surface area contributed by atoms with Crippen molar-refractivity contribution in [3.05, 3.63) is 58.1 Å². The number of nitrogens with one attached hydrogen (secondary N) is 2. The van der Waals surface area contributed by atoms with E-state index in [0.717, 1.165) is 42.8 Å². The Morgan fingerprint density at radius 2 is 2.10 bits per heavy atom. The monoisotopic (exact) mass is 308 g/mol. The second kappa shape index (κ2) is 5.90. The van der Waals surface area contributed by atoms with E-state index in [-0.39, 0.29) is 10.7 Å². The van der Waals surface area contributed by atoms with Gasteiger partial charge < -0.3 is 10.6 Å². The van der Waals surface area contributed by atoms with Crippen LogP contribution in [0.15, 0.2) is 30.3 Å². The highest BCUT2D eigenvalue weighted by Crippen LogP contribution is 2.30. The van der Waals surface area contributed by atoms with Crippen molar-refractivity contribution in [3.63, 3.8) is 0 Å². The smallest absolute Gasteiger partial charge is 0.150 e. The van der Waals surface area contributed by atoms with E-state index in [1.807, 2.05) is 12.1 Å². The van der Waals surface area contributed by atoms with Crippen molar-refractivity contribution in [1.82, 2.24) is 0 Å². The number of benzene rings is 2. The van der Waals surface area contributed by atoms with Crippen LogP contribution >= 0.6 is 11.6 Å². The van der Waals surface area contributed by atoms with Crippen LogP contribution in [-0.2, 0) is 13.0 Å². The molecule has 0 atom stereocenters. The maximum Gasteiger partial charge on any atom is 0.150 e. The van der Waals surface area contributed by atoms with Gasteiger partial charge in [0.15, 0.2) is 5.82 Å². The number of halogens is 3. The minimum Gasteiger partial charge on any atom is -0.385 e. The molecule has 1 aliphatic rings. The van der Waals surface area contributed by atoms with Gasteiger partial charge >= 0.3 is 0 Å². The van der Waals surface area contributed by atoms with E-state index < -0.39 is 11.6 Å². The van der Waals surface area contributed by atoms with Gasteiger partial charge in [0.1, 0.15) is 5.82 Å². The number of hydrogen-bond donors (Lipinski definition) is 2. The van der Waals surface area contributed by atoms with E-state index in [2.05, 4.69) is 16.7 Å². The fourth-order valence-corrected chi connectivity index (χ4v) is 2.88. The largest absolute Gasteiger partial charge is 0.385 e. The van der Waals surface area contributed by atoms with Crippen molar-refractivity contribution in [1.29, 1.82) is 0 Å². The first-order valence-electron chi connectivity index (χ1n) is 6.88. The number of fused-ring (bicyclic) bond motifs is 1. The number of hydrogen-bond acceptors (Lipinski definition) is 2. The lowest BCUT2D eigenvalue weighted by molar-refractivity contribution is 0.585. The third-order valence-corrected chi connectivity index (χ3v) is 3.92. The molecule has 0 bridgehead atoms. The molecule has 3 rings (SSSR count). The van der Waals surface area contributed by atoms with Gasteiger partial charge in [0.25, 0.3) is 0 Å². The van der Waals surface area contributed by atoms with Gasteiger partial charge in [-0.15, -0.1) is 0 Å². The molecule has 0 radical (unpaired) electrons. The first-order chi connectivity index (χ1) is 10.1. The lowest BCUT2D eigenvalue weighted by atomic mass is 9.99. The molecule has 0 unspecified atom stereocenters.